The molecule has 2 nitrogen and oxygen atoms in total. The molecule has 0 aromatic carbocycles. The van der Waals surface area contributed by atoms with E-state index in [0.717, 1.165) is 0 Å². The number of nitriles is 1. The van der Waals surface area contributed by atoms with Crippen LogP contribution < -0.4 is 0 Å². The van der Waals surface area contributed by atoms with Gasteiger partial charge in [-0.05, 0) is 0 Å². The van der Waals surface area contributed by atoms with E-state index in [0.29, 0.717) is 4.88 Å². The van der Waals surface area contributed by atoms with Gasteiger partial charge in [-0.2, -0.15) is 5.26 Å². The molecule has 0 aliphatic rings. The zero-order chi connectivity index (χ0) is 5.11. The van der Waals surface area contributed by atoms with Crippen LogP contribution in [0.15, 0.2) is 5.51 Å². The summed E-state index contributed by atoms with van der Waals surface area (Å²) < 4.78 is 0. The van der Waals surface area contributed by atoms with Crippen molar-refractivity contribution in [2.75, 3.05) is 0 Å². The molecule has 1 rings (SSSR count). The molecule has 1 radical (unpaired) electrons. The van der Waals surface area contributed by atoms with Gasteiger partial charge in [0.05, 0.1) is 5.51 Å². The zero-order valence-electron chi connectivity index (χ0n) is 3.38. The predicted molar refractivity (Wildman–Crippen MR) is 25.7 cm³/mol. The van der Waals surface area contributed by atoms with Gasteiger partial charge in [-0.1, -0.05) is 0 Å². The minimum atomic E-state index is 0.542. The molecule has 0 unspecified atom stereocenters. The van der Waals surface area contributed by atoms with E-state index in [4.69, 9.17) is 5.26 Å². The maximum atomic E-state index is 8.12. The van der Waals surface area contributed by atoms with E-state index in [1.807, 2.05) is 6.07 Å². The third-order valence-corrected chi connectivity index (χ3v) is 1.12. The third kappa shape index (κ3) is 0.756. The molecule has 0 aliphatic heterocycles. The van der Waals surface area contributed by atoms with E-state index < -0.39 is 0 Å². The maximum Gasteiger partial charge on any atom is 0.134 e. The summed E-state index contributed by atoms with van der Waals surface area (Å²) >= 11 is 1.30. The Morgan fingerprint density at radius 1 is 2.00 bits per heavy atom. The summed E-state index contributed by atoms with van der Waals surface area (Å²) in [4.78, 5) is 4.11. The van der Waals surface area contributed by atoms with Gasteiger partial charge < -0.3 is 0 Å². The first-order chi connectivity index (χ1) is 3.43. The summed E-state index contributed by atoms with van der Waals surface area (Å²) in [5.74, 6) is 0. The van der Waals surface area contributed by atoms with Crippen molar-refractivity contribution in [3.63, 3.8) is 0 Å². The van der Waals surface area contributed by atoms with Gasteiger partial charge in [-0.25, -0.2) is 4.98 Å². The molecule has 0 atom stereocenters. The fraction of sp³-hybridized carbons (Fsp3) is 0. The van der Waals surface area contributed by atoms with Gasteiger partial charge in [0.15, 0.2) is 0 Å². The number of hydrogen-bond acceptors (Lipinski definition) is 3. The normalized spacial score (nSPS) is 7.86. The lowest BCUT2D eigenvalue weighted by Gasteiger charge is -1.58. The molecule has 0 N–H and O–H groups in total. The molecular weight excluding hydrogens is 108 g/mol. The molecule has 3 heteroatoms. The third-order valence-electron chi connectivity index (χ3n) is 0.491. The van der Waals surface area contributed by atoms with E-state index in [2.05, 4.69) is 11.2 Å². The van der Waals surface area contributed by atoms with Crippen LogP contribution in [0.2, 0.25) is 0 Å². The molecule has 0 bridgehead atoms. The molecule has 7 heavy (non-hydrogen) atoms. The van der Waals surface area contributed by atoms with E-state index in [1.54, 1.807) is 5.51 Å². The fourth-order valence-corrected chi connectivity index (χ4v) is 0.611. The van der Waals surface area contributed by atoms with E-state index in [9.17, 15) is 0 Å². The van der Waals surface area contributed by atoms with Gasteiger partial charge in [-0.15, -0.1) is 11.3 Å². The summed E-state index contributed by atoms with van der Waals surface area (Å²) in [5, 5.41) is 8.12. The van der Waals surface area contributed by atoms with Crippen molar-refractivity contribution in [3.8, 4) is 6.07 Å². The average Bonchev–Trinajstić information content (AvgIpc) is 2.14. The van der Waals surface area contributed by atoms with Crippen molar-refractivity contribution >= 4 is 11.3 Å². The summed E-state index contributed by atoms with van der Waals surface area (Å²) in [6, 6.07) is 1.91. The summed E-state index contributed by atoms with van der Waals surface area (Å²) in [6.45, 7) is 0. The largest absolute Gasteiger partial charge is 0.241 e. The first kappa shape index (κ1) is 4.28. The number of rotatable bonds is 0. The summed E-state index contributed by atoms with van der Waals surface area (Å²) in [7, 11) is 0. The molecule has 0 saturated carbocycles. The standard InChI is InChI=1S/C4HN2S/c5-1-4-2-6-3-7-4/h3H. The van der Waals surface area contributed by atoms with Crippen LogP contribution in [0.1, 0.15) is 4.88 Å². The molecule has 0 fully saturated rings. The van der Waals surface area contributed by atoms with Gasteiger partial charge in [0.2, 0.25) is 0 Å². The second kappa shape index (κ2) is 1.71. The minimum absolute atomic E-state index is 0.542. The molecule has 1 aromatic heterocycles. The van der Waals surface area contributed by atoms with Gasteiger partial charge in [0.1, 0.15) is 17.1 Å². The Labute approximate surface area is 45.0 Å². The van der Waals surface area contributed by atoms with Crippen molar-refractivity contribution in [2.24, 2.45) is 0 Å². The Bertz CT molecular complexity index is 172. The number of nitrogens with zero attached hydrogens (tertiary/aromatic N) is 2. The van der Waals surface area contributed by atoms with Crippen LogP contribution in [0.3, 0.4) is 0 Å². The summed E-state index contributed by atoms with van der Waals surface area (Å²) in [6.07, 6.45) is 2.49. The van der Waals surface area contributed by atoms with Crippen LogP contribution in [-0.2, 0) is 0 Å². The molecule has 0 amide bonds. The number of aromatic nitrogens is 1. The van der Waals surface area contributed by atoms with E-state index in [1.165, 1.54) is 11.3 Å². The van der Waals surface area contributed by atoms with Crippen molar-refractivity contribution in [1.29, 1.82) is 5.26 Å². The number of thiazole rings is 1. The highest BCUT2D eigenvalue weighted by Gasteiger charge is 1.85. The maximum absolute atomic E-state index is 8.12. The lowest BCUT2D eigenvalue weighted by Crippen LogP contribution is -1.55. The SMILES string of the molecule is N#Cc1[c]ncs1. The Hall–Kier alpha value is -0.880. The minimum Gasteiger partial charge on any atom is -0.241 e. The zero-order valence-corrected chi connectivity index (χ0v) is 4.20. The Morgan fingerprint density at radius 3 is 3.14 bits per heavy atom. The highest BCUT2D eigenvalue weighted by atomic mass is 32.1. The fourth-order valence-electron chi connectivity index (χ4n) is 0.242. The quantitative estimate of drug-likeness (QED) is 0.494. The number of hydrogen-bond donors (Lipinski definition) is 0. The molecule has 0 saturated heterocycles. The lowest BCUT2D eigenvalue weighted by atomic mass is 10.6. The van der Waals surface area contributed by atoms with Crippen molar-refractivity contribution in [3.05, 3.63) is 16.6 Å². The monoisotopic (exact) mass is 109 g/mol. The second-order valence-electron chi connectivity index (χ2n) is 0.905. The van der Waals surface area contributed by atoms with Crippen LogP contribution >= 0.6 is 11.3 Å². The van der Waals surface area contributed by atoms with Crippen LogP contribution in [-0.4, -0.2) is 4.98 Å². The Kier molecular flexibility index (Phi) is 1.05. The van der Waals surface area contributed by atoms with E-state index in [-0.39, 0.29) is 0 Å². The van der Waals surface area contributed by atoms with E-state index >= 15 is 0 Å². The van der Waals surface area contributed by atoms with Gasteiger partial charge in [-0.3, -0.25) is 0 Å². The second-order valence-corrected chi connectivity index (χ2v) is 1.76. The highest BCUT2D eigenvalue weighted by Crippen LogP contribution is 1.99. The smallest absolute Gasteiger partial charge is 0.134 e. The molecule has 0 spiro atoms. The van der Waals surface area contributed by atoms with Crippen LogP contribution in [0.25, 0.3) is 0 Å². The Morgan fingerprint density at radius 2 is 2.86 bits per heavy atom. The van der Waals surface area contributed by atoms with Gasteiger partial charge >= 0.3 is 0 Å². The first-order valence-electron chi connectivity index (χ1n) is 1.65. The van der Waals surface area contributed by atoms with Crippen LogP contribution in [0.4, 0.5) is 0 Å². The Balaban J connectivity index is 3.04. The van der Waals surface area contributed by atoms with Gasteiger partial charge in [0.25, 0.3) is 0 Å². The van der Waals surface area contributed by atoms with Crippen molar-refractivity contribution in [2.45, 2.75) is 0 Å². The van der Waals surface area contributed by atoms with Gasteiger partial charge in [0, 0.05) is 0 Å². The van der Waals surface area contributed by atoms with Crippen LogP contribution in [0, 0.1) is 17.5 Å². The molecular formula is C4HN2S. The molecule has 1 heterocycles. The summed E-state index contributed by atoms with van der Waals surface area (Å²) in [5.41, 5.74) is 1.58. The van der Waals surface area contributed by atoms with Crippen molar-refractivity contribution < 1.29 is 0 Å². The van der Waals surface area contributed by atoms with Crippen LogP contribution in [0.5, 0.6) is 0 Å². The average molecular weight is 109 g/mol. The van der Waals surface area contributed by atoms with Crippen molar-refractivity contribution in [1.82, 2.24) is 4.98 Å². The first-order valence-corrected chi connectivity index (χ1v) is 2.52. The topological polar surface area (TPSA) is 36.7 Å². The molecule has 0 aliphatic carbocycles. The molecule has 33 valence electrons. The lowest BCUT2D eigenvalue weighted by molar-refractivity contribution is 1.39. The highest BCUT2D eigenvalue weighted by molar-refractivity contribution is 7.10. The predicted octanol–water partition coefficient (Wildman–Crippen LogP) is 0.815. The molecule has 1 aromatic rings.